The minimum Gasteiger partial charge on any atom is -0.480 e. The molecule has 0 saturated carbocycles. The van der Waals surface area contributed by atoms with E-state index in [2.05, 4.69) is 10.0 Å². The summed E-state index contributed by atoms with van der Waals surface area (Å²) < 4.78 is 26.7. The zero-order chi connectivity index (χ0) is 14.9. The van der Waals surface area contributed by atoms with Crippen LogP contribution in [0.15, 0.2) is 23.1 Å². The van der Waals surface area contributed by atoms with Crippen LogP contribution in [0.2, 0.25) is 0 Å². The number of aliphatic carboxylic acids is 1. The van der Waals surface area contributed by atoms with Crippen LogP contribution in [-0.2, 0) is 27.8 Å². The van der Waals surface area contributed by atoms with Crippen LogP contribution in [0.25, 0.3) is 0 Å². The molecular weight excluding hydrogens is 316 g/mol. The fourth-order valence-electron chi connectivity index (χ4n) is 2.21. The van der Waals surface area contributed by atoms with Crippen LogP contribution in [-0.4, -0.2) is 31.6 Å². The number of carboxylic acids is 1. The third kappa shape index (κ3) is 4.16. The second-order valence-corrected chi connectivity index (χ2v) is 6.90. The van der Waals surface area contributed by atoms with Gasteiger partial charge in [0, 0.05) is 12.6 Å². The molecule has 1 atom stereocenters. The molecule has 0 fully saturated rings. The molecule has 0 radical (unpaired) electrons. The minimum atomic E-state index is -3.52. The van der Waals surface area contributed by atoms with E-state index in [0.717, 1.165) is 11.1 Å². The highest BCUT2D eigenvalue weighted by Crippen LogP contribution is 2.21. The van der Waals surface area contributed by atoms with E-state index in [4.69, 9.17) is 5.11 Å². The largest absolute Gasteiger partial charge is 0.480 e. The summed E-state index contributed by atoms with van der Waals surface area (Å²) >= 11 is 0. The Balaban J connectivity index is 0.00000220. The third-order valence-electron chi connectivity index (χ3n) is 3.14. The van der Waals surface area contributed by atoms with Gasteiger partial charge >= 0.3 is 5.97 Å². The van der Waals surface area contributed by atoms with Crippen molar-refractivity contribution in [3.63, 3.8) is 0 Å². The average Bonchev–Trinajstić information content (AvgIpc) is 2.35. The Kier molecular flexibility index (Phi) is 5.75. The maximum atomic E-state index is 12.1. The highest BCUT2D eigenvalue weighted by molar-refractivity contribution is 7.89. The van der Waals surface area contributed by atoms with Gasteiger partial charge in [-0.1, -0.05) is 6.07 Å². The molecule has 1 aliphatic heterocycles. The lowest BCUT2D eigenvalue weighted by atomic mass is 9.96. The highest BCUT2D eigenvalue weighted by Gasteiger charge is 2.25. The van der Waals surface area contributed by atoms with Gasteiger partial charge in [-0.15, -0.1) is 12.4 Å². The van der Waals surface area contributed by atoms with Crippen LogP contribution in [0.5, 0.6) is 0 Å². The molecule has 1 aromatic carbocycles. The number of hydrogen-bond acceptors (Lipinski definition) is 4. The molecule has 8 heteroatoms. The van der Waals surface area contributed by atoms with E-state index in [1.165, 1.54) is 6.07 Å². The van der Waals surface area contributed by atoms with Gasteiger partial charge < -0.3 is 10.4 Å². The molecule has 6 nitrogen and oxygen atoms in total. The van der Waals surface area contributed by atoms with Crippen molar-refractivity contribution in [1.29, 1.82) is 0 Å². The first kappa shape index (κ1) is 17.9. The van der Waals surface area contributed by atoms with E-state index in [1.54, 1.807) is 26.0 Å². The lowest BCUT2D eigenvalue weighted by molar-refractivity contribution is -0.139. The fraction of sp³-hybridized carbons (Fsp3) is 0.462. The van der Waals surface area contributed by atoms with Gasteiger partial charge in [-0.05, 0) is 43.5 Å². The molecule has 1 aliphatic rings. The first-order valence-corrected chi connectivity index (χ1v) is 7.88. The second-order valence-electron chi connectivity index (χ2n) is 5.18. The highest BCUT2D eigenvalue weighted by atomic mass is 35.5. The lowest BCUT2D eigenvalue weighted by Crippen LogP contribution is -2.41. The monoisotopic (exact) mass is 334 g/mol. The zero-order valence-corrected chi connectivity index (χ0v) is 13.4. The molecule has 0 unspecified atom stereocenters. The summed E-state index contributed by atoms with van der Waals surface area (Å²) in [4.78, 5) is 11.2. The molecule has 0 amide bonds. The van der Waals surface area contributed by atoms with Gasteiger partial charge in [-0.2, -0.15) is 0 Å². The summed E-state index contributed by atoms with van der Waals surface area (Å²) in [6.07, 6.45) is 0.364. The summed E-state index contributed by atoms with van der Waals surface area (Å²) in [6, 6.07) is 4.03. The van der Waals surface area contributed by atoms with E-state index >= 15 is 0 Å². The number of hydrogen-bond donors (Lipinski definition) is 3. The second kappa shape index (κ2) is 6.74. The Labute approximate surface area is 130 Å². The Hall–Kier alpha value is -1.15. The molecule has 1 heterocycles. The van der Waals surface area contributed by atoms with Gasteiger partial charge in [-0.3, -0.25) is 4.79 Å². The van der Waals surface area contributed by atoms with Crippen LogP contribution >= 0.6 is 12.4 Å². The van der Waals surface area contributed by atoms with Crippen molar-refractivity contribution in [3.8, 4) is 0 Å². The van der Waals surface area contributed by atoms with Gasteiger partial charge in [0.2, 0.25) is 10.0 Å². The van der Waals surface area contributed by atoms with Crippen molar-refractivity contribution in [2.75, 3.05) is 0 Å². The van der Waals surface area contributed by atoms with E-state index in [0.29, 0.717) is 13.0 Å². The predicted octanol–water partition coefficient (Wildman–Crippen LogP) is 0.894. The number of halogens is 1. The number of rotatable bonds is 4. The van der Waals surface area contributed by atoms with Crippen molar-refractivity contribution in [2.24, 2.45) is 0 Å². The Morgan fingerprint density at radius 1 is 1.38 bits per heavy atom. The minimum absolute atomic E-state index is 0. The smallest absolute Gasteiger partial charge is 0.321 e. The molecule has 0 bridgehead atoms. The van der Waals surface area contributed by atoms with Crippen molar-refractivity contribution in [2.45, 2.75) is 43.8 Å². The first-order valence-electron chi connectivity index (χ1n) is 6.40. The third-order valence-corrected chi connectivity index (χ3v) is 4.80. The zero-order valence-electron chi connectivity index (χ0n) is 11.8. The number of benzene rings is 1. The molecule has 0 spiro atoms. The average molecular weight is 335 g/mol. The summed E-state index contributed by atoms with van der Waals surface area (Å²) in [5.74, 6) is -0.895. The van der Waals surface area contributed by atoms with Crippen LogP contribution in [0.3, 0.4) is 0 Å². The maximum Gasteiger partial charge on any atom is 0.321 e. The van der Waals surface area contributed by atoms with E-state index < -0.39 is 22.0 Å². The molecule has 0 aliphatic carbocycles. The topological polar surface area (TPSA) is 95.5 Å². The number of nitrogens with one attached hydrogen (secondary N) is 2. The van der Waals surface area contributed by atoms with Crippen molar-refractivity contribution < 1.29 is 18.3 Å². The Bertz CT molecular complexity index is 631. The van der Waals surface area contributed by atoms with Gasteiger partial charge in [0.25, 0.3) is 0 Å². The van der Waals surface area contributed by atoms with Gasteiger partial charge in [0.15, 0.2) is 0 Å². The van der Waals surface area contributed by atoms with Crippen LogP contribution in [0.4, 0.5) is 0 Å². The van der Waals surface area contributed by atoms with Crippen LogP contribution < -0.4 is 10.0 Å². The van der Waals surface area contributed by atoms with Gasteiger partial charge in [-0.25, -0.2) is 13.1 Å². The van der Waals surface area contributed by atoms with Crippen molar-refractivity contribution >= 4 is 28.4 Å². The molecule has 2 rings (SSSR count). The molecule has 0 saturated heterocycles. The van der Waals surface area contributed by atoms with Gasteiger partial charge in [0.05, 0.1) is 4.90 Å². The molecule has 21 heavy (non-hydrogen) atoms. The Morgan fingerprint density at radius 3 is 2.62 bits per heavy atom. The summed E-state index contributed by atoms with van der Waals surface area (Å²) in [5.41, 5.74) is 1.70. The standard InChI is InChI=1S/C13H18N2O4S.ClH/c1-8(2)15-20(18,19)11-4-3-9-6-12(13(16)17)14-7-10(9)5-11;/h3-5,8,12,14-15H,6-7H2,1-2H3,(H,16,17);1H/t12-;/m0./s1. The summed E-state index contributed by atoms with van der Waals surface area (Å²) in [5, 5.41) is 11.9. The predicted molar refractivity (Wildman–Crippen MR) is 81.1 cm³/mol. The van der Waals surface area contributed by atoms with E-state index in [-0.39, 0.29) is 23.3 Å². The van der Waals surface area contributed by atoms with Crippen LogP contribution in [0.1, 0.15) is 25.0 Å². The van der Waals surface area contributed by atoms with Crippen molar-refractivity contribution in [3.05, 3.63) is 29.3 Å². The Morgan fingerprint density at radius 2 is 2.05 bits per heavy atom. The van der Waals surface area contributed by atoms with E-state index in [1.807, 2.05) is 0 Å². The molecule has 118 valence electrons. The SMILES string of the molecule is CC(C)NS(=O)(=O)c1ccc2c(c1)CN[C@H](C(=O)O)C2.Cl. The quantitative estimate of drug-likeness (QED) is 0.760. The van der Waals surface area contributed by atoms with Crippen molar-refractivity contribution in [1.82, 2.24) is 10.0 Å². The fourth-order valence-corrected chi connectivity index (χ4v) is 3.51. The molecule has 0 aromatic heterocycles. The first-order chi connectivity index (χ1) is 9.29. The summed E-state index contributed by atoms with van der Waals surface area (Å²) in [7, 11) is -3.52. The maximum absolute atomic E-state index is 12.1. The van der Waals surface area contributed by atoms with Crippen LogP contribution in [0, 0.1) is 0 Å². The normalized spacial score (nSPS) is 18.0. The number of sulfonamides is 1. The number of carbonyl (C=O) groups is 1. The number of fused-ring (bicyclic) bond motifs is 1. The molecule has 1 aromatic rings. The summed E-state index contributed by atoms with van der Waals surface area (Å²) in [6.45, 7) is 3.88. The van der Waals surface area contributed by atoms with Gasteiger partial charge in [0.1, 0.15) is 6.04 Å². The number of carboxylic acid groups (broad SMARTS) is 1. The molecular formula is C13H19ClN2O4S. The molecule has 3 N–H and O–H groups in total. The van der Waals surface area contributed by atoms with E-state index in [9.17, 15) is 13.2 Å². The lowest BCUT2D eigenvalue weighted by Gasteiger charge is -2.23.